The molecule has 0 fully saturated rings. The first-order valence-corrected chi connectivity index (χ1v) is 10.6. The summed E-state index contributed by atoms with van der Waals surface area (Å²) in [6.07, 6.45) is -4.20. The Bertz CT molecular complexity index is 1240. The first-order chi connectivity index (χ1) is 15.5. The average molecular weight is 461 g/mol. The smallest absolute Gasteiger partial charge is 0.435 e. The minimum Gasteiger partial charge on any atom is -0.496 e. The van der Waals surface area contributed by atoms with Crippen LogP contribution in [-0.2, 0) is 26.7 Å². The summed E-state index contributed by atoms with van der Waals surface area (Å²) in [6.45, 7) is 5.66. The summed E-state index contributed by atoms with van der Waals surface area (Å²) in [7, 11) is 4.68. The van der Waals surface area contributed by atoms with Crippen molar-refractivity contribution in [3.8, 4) is 17.0 Å². The number of alkyl halides is 3. The Balaban J connectivity index is 1.78. The summed E-state index contributed by atoms with van der Waals surface area (Å²) in [6, 6.07) is 4.91. The molecule has 0 spiro atoms. The molecule has 1 amide bonds. The number of carbonyl (C=O) groups is 1. The van der Waals surface area contributed by atoms with E-state index in [1.165, 1.54) is 16.4 Å². The van der Waals surface area contributed by atoms with Crippen molar-refractivity contribution in [1.29, 1.82) is 0 Å². The molecule has 4 rings (SSSR count). The van der Waals surface area contributed by atoms with Crippen LogP contribution in [0.15, 0.2) is 18.2 Å². The number of carbonyl (C=O) groups excluding carboxylic acids is 1. The molecule has 1 atom stereocenters. The highest BCUT2D eigenvalue weighted by molar-refractivity contribution is 5.96. The van der Waals surface area contributed by atoms with Gasteiger partial charge in [-0.25, -0.2) is 0 Å². The van der Waals surface area contributed by atoms with E-state index < -0.39 is 17.9 Å². The third-order valence-electron chi connectivity index (χ3n) is 6.48. The zero-order valence-electron chi connectivity index (χ0n) is 19.4. The van der Waals surface area contributed by atoms with E-state index in [0.717, 1.165) is 11.1 Å². The summed E-state index contributed by atoms with van der Waals surface area (Å²) in [5.74, 6) is 0.461. The van der Waals surface area contributed by atoms with Crippen molar-refractivity contribution < 1.29 is 22.7 Å². The molecule has 2 aromatic heterocycles. The van der Waals surface area contributed by atoms with Gasteiger partial charge in [0.25, 0.3) is 5.91 Å². The van der Waals surface area contributed by atoms with Gasteiger partial charge >= 0.3 is 6.18 Å². The van der Waals surface area contributed by atoms with Crippen LogP contribution in [0.1, 0.15) is 51.5 Å². The summed E-state index contributed by atoms with van der Waals surface area (Å²) in [5.41, 5.74) is 2.52. The minimum atomic E-state index is -4.59. The quantitative estimate of drug-likeness (QED) is 0.586. The highest BCUT2D eigenvalue weighted by Crippen LogP contribution is 2.42. The second-order valence-corrected chi connectivity index (χ2v) is 8.32. The molecule has 0 N–H and O–H groups in total. The van der Waals surface area contributed by atoms with Crippen molar-refractivity contribution in [2.75, 3.05) is 13.7 Å². The van der Waals surface area contributed by atoms with Gasteiger partial charge in [0.2, 0.25) is 0 Å². The van der Waals surface area contributed by atoms with Gasteiger partial charge in [0.1, 0.15) is 5.75 Å². The molecule has 0 bridgehead atoms. The van der Waals surface area contributed by atoms with Crippen LogP contribution in [0.5, 0.6) is 5.75 Å². The van der Waals surface area contributed by atoms with E-state index in [-0.39, 0.29) is 11.5 Å². The fourth-order valence-corrected chi connectivity index (χ4v) is 4.65. The maximum absolute atomic E-state index is 13.8. The van der Waals surface area contributed by atoms with E-state index in [1.54, 1.807) is 44.2 Å². The van der Waals surface area contributed by atoms with Gasteiger partial charge in [0.15, 0.2) is 5.69 Å². The number of aryl methyl sites for hydroxylation is 2. The molecule has 33 heavy (non-hydrogen) atoms. The highest BCUT2D eigenvalue weighted by atomic mass is 19.4. The lowest BCUT2D eigenvalue weighted by molar-refractivity contribution is -0.141. The molecular formula is C23H26F3N5O2. The van der Waals surface area contributed by atoms with Crippen LogP contribution in [0.25, 0.3) is 11.3 Å². The summed E-state index contributed by atoms with van der Waals surface area (Å²) in [5, 5.41) is 8.29. The fourth-order valence-electron chi connectivity index (χ4n) is 4.65. The van der Waals surface area contributed by atoms with Gasteiger partial charge in [-0.3, -0.25) is 14.2 Å². The van der Waals surface area contributed by atoms with Crippen LogP contribution in [0.2, 0.25) is 0 Å². The van der Waals surface area contributed by atoms with Gasteiger partial charge < -0.3 is 9.64 Å². The Morgan fingerprint density at radius 1 is 1.15 bits per heavy atom. The third kappa shape index (κ3) is 3.57. The predicted octanol–water partition coefficient (Wildman–Crippen LogP) is 4.22. The number of amides is 1. The minimum absolute atomic E-state index is 0.0388. The molecule has 3 heterocycles. The molecule has 1 aliphatic heterocycles. The van der Waals surface area contributed by atoms with Gasteiger partial charge in [-0.15, -0.1) is 0 Å². The molecule has 0 radical (unpaired) electrons. The number of ether oxygens (including phenoxy) is 1. The molecular weight excluding hydrogens is 435 g/mol. The van der Waals surface area contributed by atoms with Crippen molar-refractivity contribution in [1.82, 2.24) is 24.5 Å². The molecule has 1 aliphatic rings. The van der Waals surface area contributed by atoms with Crippen molar-refractivity contribution in [3.05, 3.63) is 52.0 Å². The SMILES string of the molecule is COc1cccc(C(=O)N2CCc3c(nn(C)c3-c3c(C(F)(F)F)nn(C)c3C)[C@@H]2C)c1C. The van der Waals surface area contributed by atoms with Crippen LogP contribution < -0.4 is 4.74 Å². The van der Waals surface area contributed by atoms with Gasteiger partial charge in [0.05, 0.1) is 30.1 Å². The van der Waals surface area contributed by atoms with E-state index in [1.807, 2.05) is 13.8 Å². The number of aromatic nitrogens is 4. The largest absolute Gasteiger partial charge is 0.496 e. The summed E-state index contributed by atoms with van der Waals surface area (Å²) in [4.78, 5) is 15.1. The number of rotatable bonds is 3. The van der Waals surface area contributed by atoms with Crippen LogP contribution in [0.4, 0.5) is 13.2 Å². The maximum atomic E-state index is 13.8. The number of halogens is 3. The molecule has 3 aromatic rings. The number of benzene rings is 1. The Morgan fingerprint density at radius 2 is 1.85 bits per heavy atom. The van der Waals surface area contributed by atoms with Crippen molar-refractivity contribution >= 4 is 5.91 Å². The first-order valence-electron chi connectivity index (χ1n) is 10.6. The van der Waals surface area contributed by atoms with E-state index in [4.69, 9.17) is 4.74 Å². The van der Waals surface area contributed by atoms with Crippen LogP contribution in [-0.4, -0.2) is 44.0 Å². The zero-order valence-corrected chi connectivity index (χ0v) is 19.4. The Labute approximate surface area is 189 Å². The standard InChI is InChI=1S/C23H26F3N5O2/c1-12-15(8-7-9-17(12)33-6)22(32)31-11-10-16-19(14(31)3)27-30(5)20(16)18-13(2)29(4)28-21(18)23(24,25)26/h7-9,14H,10-11H2,1-6H3/t14-/m0/s1. The molecule has 1 aromatic carbocycles. The lowest BCUT2D eigenvalue weighted by atomic mass is 9.93. The second kappa shape index (κ2) is 7.93. The van der Waals surface area contributed by atoms with Gasteiger partial charge in [-0.05, 0) is 39.3 Å². The Kier molecular flexibility index (Phi) is 5.50. The average Bonchev–Trinajstić information content (AvgIpc) is 3.24. The van der Waals surface area contributed by atoms with E-state index >= 15 is 0 Å². The molecule has 0 saturated heterocycles. The van der Waals surface area contributed by atoms with Gasteiger partial charge in [-0.2, -0.15) is 23.4 Å². The summed E-state index contributed by atoms with van der Waals surface area (Å²) < 4.78 is 49.3. The van der Waals surface area contributed by atoms with Crippen LogP contribution in [0.3, 0.4) is 0 Å². The maximum Gasteiger partial charge on any atom is 0.435 e. The van der Waals surface area contributed by atoms with Crippen molar-refractivity contribution in [3.63, 3.8) is 0 Å². The van der Waals surface area contributed by atoms with E-state index in [9.17, 15) is 18.0 Å². The highest BCUT2D eigenvalue weighted by Gasteiger charge is 2.42. The van der Waals surface area contributed by atoms with E-state index in [0.29, 0.717) is 41.4 Å². The number of hydrogen-bond donors (Lipinski definition) is 0. The molecule has 7 nitrogen and oxygen atoms in total. The number of methoxy groups -OCH3 is 1. The molecule has 0 unspecified atom stereocenters. The van der Waals surface area contributed by atoms with Gasteiger partial charge in [0, 0.05) is 43.0 Å². The summed E-state index contributed by atoms with van der Waals surface area (Å²) >= 11 is 0. The second-order valence-electron chi connectivity index (χ2n) is 8.32. The van der Waals surface area contributed by atoms with Crippen molar-refractivity contribution in [2.24, 2.45) is 14.1 Å². The molecule has 0 saturated carbocycles. The first kappa shape index (κ1) is 22.9. The number of nitrogens with zero attached hydrogens (tertiary/aromatic N) is 5. The number of fused-ring (bicyclic) bond motifs is 1. The van der Waals surface area contributed by atoms with Crippen molar-refractivity contribution in [2.45, 2.75) is 39.4 Å². The van der Waals surface area contributed by atoms with Gasteiger partial charge in [-0.1, -0.05) is 6.07 Å². The molecule has 10 heteroatoms. The topological polar surface area (TPSA) is 65.2 Å². The lowest BCUT2D eigenvalue weighted by Crippen LogP contribution is -2.39. The van der Waals surface area contributed by atoms with E-state index in [2.05, 4.69) is 10.2 Å². The lowest BCUT2D eigenvalue weighted by Gasteiger charge is -2.33. The molecule has 176 valence electrons. The monoisotopic (exact) mass is 461 g/mol. The molecule has 0 aliphatic carbocycles. The zero-order chi connectivity index (χ0) is 24.2. The third-order valence-corrected chi connectivity index (χ3v) is 6.48. The number of hydrogen-bond acceptors (Lipinski definition) is 4. The predicted molar refractivity (Wildman–Crippen MR) is 116 cm³/mol. The van der Waals surface area contributed by atoms with Crippen LogP contribution >= 0.6 is 0 Å². The normalized spacial score (nSPS) is 16.2. The van der Waals surface area contributed by atoms with Crippen LogP contribution in [0, 0.1) is 13.8 Å². The fraction of sp³-hybridized carbons (Fsp3) is 0.435. The Hall–Kier alpha value is -3.30. The Morgan fingerprint density at radius 3 is 2.48 bits per heavy atom.